The third kappa shape index (κ3) is 1.96. The summed E-state index contributed by atoms with van der Waals surface area (Å²) in [6.07, 6.45) is 4.82. The summed E-state index contributed by atoms with van der Waals surface area (Å²) in [6.45, 7) is 4.13. The number of benzene rings is 1. The van der Waals surface area contributed by atoms with Gasteiger partial charge in [-0.25, -0.2) is 0 Å². The first-order valence-corrected chi connectivity index (χ1v) is 7.27. The van der Waals surface area contributed by atoms with Crippen LogP contribution >= 0.6 is 0 Å². The van der Waals surface area contributed by atoms with Crippen LogP contribution in [0.2, 0.25) is 0 Å². The number of aliphatic hydroxyl groups is 1. The van der Waals surface area contributed by atoms with E-state index in [-0.39, 0.29) is 11.6 Å². The molecule has 19 heavy (non-hydrogen) atoms. The Labute approximate surface area is 114 Å². The molecule has 1 aliphatic carbocycles. The molecule has 3 N–H and O–H groups in total. The highest BCUT2D eigenvalue weighted by molar-refractivity contribution is 5.46. The molecule has 1 saturated carbocycles. The number of aryl methyl sites for hydroxylation is 2. The highest BCUT2D eigenvalue weighted by atomic mass is 16.5. The van der Waals surface area contributed by atoms with E-state index in [1.807, 2.05) is 6.07 Å². The number of fused-ring (bicyclic) bond motifs is 1. The average molecular weight is 261 g/mol. The van der Waals surface area contributed by atoms with Crippen molar-refractivity contribution in [3.8, 4) is 5.75 Å². The van der Waals surface area contributed by atoms with E-state index < -0.39 is 6.10 Å². The summed E-state index contributed by atoms with van der Waals surface area (Å²) in [7, 11) is 0. The zero-order valence-electron chi connectivity index (χ0n) is 11.8. The second kappa shape index (κ2) is 4.50. The van der Waals surface area contributed by atoms with Gasteiger partial charge in [0.1, 0.15) is 17.5 Å². The lowest BCUT2D eigenvalue weighted by Crippen LogP contribution is -2.58. The molecule has 1 fully saturated rings. The van der Waals surface area contributed by atoms with Crippen molar-refractivity contribution >= 4 is 0 Å². The zero-order valence-corrected chi connectivity index (χ0v) is 11.8. The van der Waals surface area contributed by atoms with Gasteiger partial charge in [-0.3, -0.25) is 0 Å². The van der Waals surface area contributed by atoms with Crippen LogP contribution in [0.25, 0.3) is 0 Å². The average Bonchev–Trinajstić information content (AvgIpc) is 2.40. The molecule has 3 rings (SSSR count). The fourth-order valence-electron chi connectivity index (χ4n) is 3.49. The maximum atomic E-state index is 10.6. The first-order chi connectivity index (χ1) is 9.03. The Morgan fingerprint density at radius 2 is 1.79 bits per heavy atom. The van der Waals surface area contributed by atoms with Gasteiger partial charge in [0.15, 0.2) is 0 Å². The van der Waals surface area contributed by atoms with Crippen molar-refractivity contribution in [2.75, 3.05) is 0 Å². The quantitative estimate of drug-likeness (QED) is 0.755. The maximum absolute atomic E-state index is 10.6. The molecule has 0 saturated heterocycles. The minimum absolute atomic E-state index is 0.317. The molecule has 1 aliphatic heterocycles. The molecule has 1 spiro atoms. The van der Waals surface area contributed by atoms with Crippen LogP contribution in [-0.4, -0.2) is 16.7 Å². The fourth-order valence-corrected chi connectivity index (χ4v) is 3.49. The van der Waals surface area contributed by atoms with Gasteiger partial charge in [-0.15, -0.1) is 0 Å². The summed E-state index contributed by atoms with van der Waals surface area (Å²) in [5, 5.41) is 10.6. The smallest absolute Gasteiger partial charge is 0.127 e. The van der Waals surface area contributed by atoms with Gasteiger partial charge in [-0.1, -0.05) is 6.42 Å². The third-order valence-corrected chi connectivity index (χ3v) is 4.91. The molecule has 0 aromatic heterocycles. The first kappa shape index (κ1) is 12.9. The van der Waals surface area contributed by atoms with Crippen LogP contribution in [0.1, 0.15) is 54.9 Å². The van der Waals surface area contributed by atoms with E-state index in [1.54, 1.807) is 0 Å². The Morgan fingerprint density at radius 1 is 1.16 bits per heavy atom. The molecule has 1 aromatic rings. The lowest BCUT2D eigenvalue weighted by molar-refractivity contribution is -0.0582. The number of hydrogen-bond donors (Lipinski definition) is 2. The molecule has 1 heterocycles. The minimum atomic E-state index is -0.610. The molecular weight excluding hydrogens is 238 g/mol. The summed E-state index contributed by atoms with van der Waals surface area (Å²) in [4.78, 5) is 0. The Balaban J connectivity index is 2.04. The van der Waals surface area contributed by atoms with Crippen molar-refractivity contribution in [1.29, 1.82) is 0 Å². The van der Waals surface area contributed by atoms with Gasteiger partial charge in [0.05, 0.1) is 6.04 Å². The molecule has 2 atom stereocenters. The van der Waals surface area contributed by atoms with Crippen LogP contribution in [0.3, 0.4) is 0 Å². The highest BCUT2D eigenvalue weighted by Crippen LogP contribution is 2.46. The van der Waals surface area contributed by atoms with E-state index in [0.717, 1.165) is 37.0 Å². The molecule has 104 valence electrons. The molecular formula is C16H23NO2. The second-order valence-electron chi connectivity index (χ2n) is 6.17. The van der Waals surface area contributed by atoms with Crippen molar-refractivity contribution in [3.05, 3.63) is 28.8 Å². The lowest BCUT2D eigenvalue weighted by atomic mass is 9.74. The number of nitrogens with two attached hydrogens (primary N) is 1. The SMILES string of the molecule is Cc1cc2c(cc1C)C(O)C(N)C1(CCCCC1)O2. The van der Waals surface area contributed by atoms with Gasteiger partial charge in [-0.05, 0) is 62.8 Å². The Kier molecular flexibility index (Phi) is 3.06. The van der Waals surface area contributed by atoms with Gasteiger partial charge in [0.25, 0.3) is 0 Å². The molecule has 3 heteroatoms. The zero-order chi connectivity index (χ0) is 13.6. The van der Waals surface area contributed by atoms with Crippen LogP contribution in [-0.2, 0) is 0 Å². The number of ether oxygens (including phenoxy) is 1. The Bertz CT molecular complexity index is 492. The van der Waals surface area contributed by atoms with Crippen molar-refractivity contribution in [3.63, 3.8) is 0 Å². The summed E-state index contributed by atoms with van der Waals surface area (Å²) >= 11 is 0. The second-order valence-corrected chi connectivity index (χ2v) is 6.17. The molecule has 1 aromatic carbocycles. The molecule has 0 bridgehead atoms. The maximum Gasteiger partial charge on any atom is 0.127 e. The predicted octanol–water partition coefficient (Wildman–Crippen LogP) is 2.76. The molecule has 2 aliphatic rings. The van der Waals surface area contributed by atoms with Crippen molar-refractivity contribution in [2.24, 2.45) is 5.73 Å². The Morgan fingerprint density at radius 3 is 2.47 bits per heavy atom. The largest absolute Gasteiger partial charge is 0.485 e. The van der Waals surface area contributed by atoms with E-state index in [9.17, 15) is 5.11 Å². The summed E-state index contributed by atoms with van der Waals surface area (Å²) in [5.41, 5.74) is 9.19. The monoisotopic (exact) mass is 261 g/mol. The molecule has 0 radical (unpaired) electrons. The normalized spacial score (nSPS) is 28.8. The van der Waals surface area contributed by atoms with Gasteiger partial charge in [-0.2, -0.15) is 0 Å². The van der Waals surface area contributed by atoms with Crippen LogP contribution < -0.4 is 10.5 Å². The van der Waals surface area contributed by atoms with Gasteiger partial charge >= 0.3 is 0 Å². The summed E-state index contributed by atoms with van der Waals surface area (Å²) in [5.74, 6) is 0.833. The Hall–Kier alpha value is -1.06. The van der Waals surface area contributed by atoms with Crippen molar-refractivity contribution in [1.82, 2.24) is 0 Å². The van der Waals surface area contributed by atoms with Crippen molar-refractivity contribution in [2.45, 2.75) is 63.7 Å². The van der Waals surface area contributed by atoms with Crippen LogP contribution in [0, 0.1) is 13.8 Å². The fraction of sp³-hybridized carbons (Fsp3) is 0.625. The third-order valence-electron chi connectivity index (χ3n) is 4.91. The lowest BCUT2D eigenvalue weighted by Gasteiger charge is -2.47. The van der Waals surface area contributed by atoms with E-state index in [1.165, 1.54) is 17.5 Å². The van der Waals surface area contributed by atoms with Crippen molar-refractivity contribution < 1.29 is 9.84 Å². The molecule has 0 amide bonds. The molecule has 3 nitrogen and oxygen atoms in total. The standard InChI is InChI=1S/C16H23NO2/c1-10-8-12-13(9-11(10)2)19-16(15(17)14(12)18)6-4-3-5-7-16/h8-9,14-15,18H,3-7,17H2,1-2H3. The van der Waals surface area contributed by atoms with Crippen LogP contribution in [0.5, 0.6) is 5.75 Å². The topological polar surface area (TPSA) is 55.5 Å². The number of aliphatic hydroxyl groups excluding tert-OH is 1. The summed E-state index contributed by atoms with van der Waals surface area (Å²) < 4.78 is 6.29. The minimum Gasteiger partial charge on any atom is -0.485 e. The van der Waals surface area contributed by atoms with Crippen LogP contribution in [0.4, 0.5) is 0 Å². The molecule has 2 unspecified atom stereocenters. The van der Waals surface area contributed by atoms with E-state index in [0.29, 0.717) is 0 Å². The van der Waals surface area contributed by atoms with Gasteiger partial charge < -0.3 is 15.6 Å². The summed E-state index contributed by atoms with van der Waals surface area (Å²) in [6, 6.07) is 3.75. The van der Waals surface area contributed by atoms with Gasteiger partial charge in [0, 0.05) is 5.56 Å². The van der Waals surface area contributed by atoms with E-state index in [2.05, 4.69) is 19.9 Å². The number of rotatable bonds is 0. The van der Waals surface area contributed by atoms with E-state index >= 15 is 0 Å². The highest BCUT2D eigenvalue weighted by Gasteiger charge is 2.48. The van der Waals surface area contributed by atoms with E-state index in [4.69, 9.17) is 10.5 Å². The number of hydrogen-bond acceptors (Lipinski definition) is 3. The predicted molar refractivity (Wildman–Crippen MR) is 75.3 cm³/mol. The van der Waals surface area contributed by atoms with Crippen LogP contribution in [0.15, 0.2) is 12.1 Å². The first-order valence-electron chi connectivity index (χ1n) is 7.27. The van der Waals surface area contributed by atoms with Gasteiger partial charge in [0.2, 0.25) is 0 Å².